The van der Waals surface area contributed by atoms with E-state index in [4.69, 9.17) is 9.15 Å². The first-order valence-corrected chi connectivity index (χ1v) is 10.5. The first kappa shape index (κ1) is 21.1. The molecule has 2 aliphatic rings. The molecule has 2 aromatic rings. The van der Waals surface area contributed by atoms with Crippen molar-refractivity contribution in [3.05, 3.63) is 42.3 Å². The van der Waals surface area contributed by atoms with Crippen LogP contribution in [0.15, 0.2) is 41.0 Å². The maximum atomic E-state index is 13.1. The minimum atomic E-state index is -0.935. The van der Waals surface area contributed by atoms with Crippen LogP contribution in [0.1, 0.15) is 45.7 Å². The van der Waals surface area contributed by atoms with Gasteiger partial charge in [0, 0.05) is 5.56 Å². The Morgan fingerprint density at radius 3 is 2.71 bits per heavy atom. The summed E-state index contributed by atoms with van der Waals surface area (Å²) in [5.74, 6) is -0.294. The lowest BCUT2D eigenvalue weighted by Gasteiger charge is -2.43. The van der Waals surface area contributed by atoms with Gasteiger partial charge in [0.2, 0.25) is 5.89 Å². The Morgan fingerprint density at radius 2 is 2.00 bits per heavy atom. The van der Waals surface area contributed by atoms with Crippen molar-refractivity contribution in [3.63, 3.8) is 0 Å². The van der Waals surface area contributed by atoms with Crippen molar-refractivity contribution in [2.75, 3.05) is 6.54 Å². The van der Waals surface area contributed by atoms with E-state index in [1.807, 2.05) is 30.3 Å². The van der Waals surface area contributed by atoms with Gasteiger partial charge in [-0.05, 0) is 42.7 Å². The van der Waals surface area contributed by atoms with Crippen LogP contribution in [-0.2, 0) is 20.9 Å². The van der Waals surface area contributed by atoms with Gasteiger partial charge in [-0.2, -0.15) is 0 Å². The number of oxazole rings is 1. The van der Waals surface area contributed by atoms with Crippen LogP contribution in [-0.4, -0.2) is 39.9 Å². The lowest BCUT2D eigenvalue weighted by molar-refractivity contribution is -0.149. The number of imide groups is 1. The van der Waals surface area contributed by atoms with Gasteiger partial charge in [0.25, 0.3) is 5.91 Å². The van der Waals surface area contributed by atoms with Crippen LogP contribution < -0.4 is 5.32 Å². The fourth-order valence-electron chi connectivity index (χ4n) is 5.07. The lowest BCUT2D eigenvalue weighted by Crippen LogP contribution is -2.54. The summed E-state index contributed by atoms with van der Waals surface area (Å²) in [7, 11) is 0. The number of amides is 3. The summed E-state index contributed by atoms with van der Waals surface area (Å²) < 4.78 is 10.7. The molecule has 8 heteroatoms. The zero-order chi connectivity index (χ0) is 22.2. The van der Waals surface area contributed by atoms with Crippen LogP contribution in [0.4, 0.5) is 4.79 Å². The van der Waals surface area contributed by atoms with Crippen molar-refractivity contribution in [3.8, 4) is 11.5 Å². The highest BCUT2D eigenvalue weighted by molar-refractivity contribution is 6.08. The summed E-state index contributed by atoms with van der Waals surface area (Å²) in [6.07, 6.45) is 3.54. The number of carbonyl (C=O) groups excluding carboxylic acids is 3. The number of nitrogens with one attached hydrogen (secondary N) is 1. The van der Waals surface area contributed by atoms with Crippen LogP contribution in [0.5, 0.6) is 0 Å². The van der Waals surface area contributed by atoms with E-state index in [0.29, 0.717) is 30.3 Å². The van der Waals surface area contributed by atoms with Gasteiger partial charge in [-0.1, -0.05) is 39.0 Å². The highest BCUT2D eigenvalue weighted by atomic mass is 16.5. The molecule has 1 N–H and O–H groups in total. The van der Waals surface area contributed by atoms with Crippen molar-refractivity contribution in [1.82, 2.24) is 15.2 Å². The fraction of sp³-hybridized carbons (Fsp3) is 0.478. The molecule has 1 saturated carbocycles. The average molecular weight is 425 g/mol. The zero-order valence-corrected chi connectivity index (χ0v) is 18.0. The smallest absolute Gasteiger partial charge is 0.326 e. The third-order valence-electron chi connectivity index (χ3n) is 5.86. The third kappa shape index (κ3) is 4.33. The van der Waals surface area contributed by atoms with Crippen LogP contribution in [0, 0.1) is 11.3 Å². The van der Waals surface area contributed by atoms with Crippen molar-refractivity contribution in [2.45, 2.75) is 52.2 Å². The molecule has 1 aromatic carbocycles. The molecule has 2 atom stereocenters. The van der Waals surface area contributed by atoms with Gasteiger partial charge in [0.1, 0.15) is 30.6 Å². The predicted octanol–water partition coefficient (Wildman–Crippen LogP) is 3.52. The maximum absolute atomic E-state index is 13.1. The number of esters is 1. The minimum Gasteiger partial charge on any atom is -0.458 e. The molecule has 1 aliphatic heterocycles. The molecule has 164 valence electrons. The Bertz CT molecular complexity index is 1000. The normalized spacial score (nSPS) is 25.0. The molecule has 2 heterocycles. The average Bonchev–Trinajstić information content (AvgIpc) is 3.25. The molecule has 2 unspecified atom stereocenters. The number of ether oxygens (including phenoxy) is 1. The van der Waals surface area contributed by atoms with Gasteiger partial charge in [-0.3, -0.25) is 14.5 Å². The molecule has 0 radical (unpaired) electrons. The van der Waals surface area contributed by atoms with E-state index >= 15 is 0 Å². The number of aromatic nitrogens is 1. The van der Waals surface area contributed by atoms with Gasteiger partial charge in [0.15, 0.2) is 0 Å². The van der Waals surface area contributed by atoms with E-state index in [1.165, 1.54) is 6.26 Å². The second-order valence-electron chi connectivity index (χ2n) is 9.43. The minimum absolute atomic E-state index is 0.0689. The second-order valence-corrected chi connectivity index (χ2v) is 9.43. The van der Waals surface area contributed by atoms with Crippen molar-refractivity contribution >= 4 is 17.9 Å². The van der Waals surface area contributed by atoms with E-state index in [-0.39, 0.29) is 17.9 Å². The van der Waals surface area contributed by atoms with Gasteiger partial charge >= 0.3 is 12.0 Å². The van der Waals surface area contributed by atoms with Crippen LogP contribution in [0.25, 0.3) is 11.5 Å². The Kier molecular flexibility index (Phi) is 5.33. The van der Waals surface area contributed by atoms with E-state index in [0.717, 1.165) is 16.9 Å². The number of rotatable bonds is 5. The highest BCUT2D eigenvalue weighted by Crippen LogP contribution is 2.46. The topological polar surface area (TPSA) is 102 Å². The number of benzene rings is 1. The van der Waals surface area contributed by atoms with Gasteiger partial charge in [-0.25, -0.2) is 9.78 Å². The second kappa shape index (κ2) is 7.83. The standard InChI is InChI=1S/C23H27N3O5/c1-15-9-22(2,3)14-23(10-15)20(28)26(21(29)25-23)11-18(27)30-12-17-13-31-19(24-17)16-7-5-4-6-8-16/h4-8,13,15H,9-12,14H2,1-3H3,(H,25,29). The molecule has 1 aliphatic carbocycles. The maximum Gasteiger partial charge on any atom is 0.326 e. The van der Waals surface area contributed by atoms with Gasteiger partial charge in [0.05, 0.1) is 0 Å². The Hall–Kier alpha value is -3.16. The quantitative estimate of drug-likeness (QED) is 0.581. The molecule has 1 aromatic heterocycles. The molecular weight excluding hydrogens is 398 g/mol. The predicted molar refractivity (Wildman–Crippen MR) is 112 cm³/mol. The SMILES string of the molecule is CC1CC(C)(C)CC2(C1)NC(=O)N(CC(=O)OCc1coc(-c3ccccc3)n1)C2=O. The van der Waals surface area contributed by atoms with Crippen molar-refractivity contribution in [1.29, 1.82) is 0 Å². The molecule has 4 rings (SSSR count). The Morgan fingerprint density at radius 1 is 1.26 bits per heavy atom. The molecule has 31 heavy (non-hydrogen) atoms. The summed E-state index contributed by atoms with van der Waals surface area (Å²) in [6.45, 7) is 5.75. The fourth-order valence-corrected chi connectivity index (χ4v) is 5.07. The molecule has 3 amide bonds. The number of carbonyl (C=O) groups is 3. The van der Waals surface area contributed by atoms with Crippen molar-refractivity contribution in [2.24, 2.45) is 11.3 Å². The summed E-state index contributed by atoms with van der Waals surface area (Å²) >= 11 is 0. The summed E-state index contributed by atoms with van der Waals surface area (Å²) in [5.41, 5.74) is 0.258. The van der Waals surface area contributed by atoms with E-state index < -0.39 is 24.1 Å². The number of hydrogen-bond acceptors (Lipinski definition) is 6. The lowest BCUT2D eigenvalue weighted by atomic mass is 9.64. The van der Waals surface area contributed by atoms with E-state index in [1.54, 1.807) is 0 Å². The van der Waals surface area contributed by atoms with Crippen LogP contribution in [0.3, 0.4) is 0 Å². The van der Waals surface area contributed by atoms with Gasteiger partial charge < -0.3 is 14.5 Å². The number of hydrogen-bond donors (Lipinski definition) is 1. The number of urea groups is 1. The summed E-state index contributed by atoms with van der Waals surface area (Å²) in [6, 6.07) is 8.82. The van der Waals surface area contributed by atoms with E-state index in [9.17, 15) is 14.4 Å². The van der Waals surface area contributed by atoms with Gasteiger partial charge in [-0.15, -0.1) is 0 Å². The van der Waals surface area contributed by atoms with Crippen LogP contribution in [0.2, 0.25) is 0 Å². The largest absolute Gasteiger partial charge is 0.458 e. The highest BCUT2D eigenvalue weighted by Gasteiger charge is 2.56. The summed E-state index contributed by atoms with van der Waals surface area (Å²) in [5, 5.41) is 2.86. The molecule has 1 spiro atoms. The monoisotopic (exact) mass is 425 g/mol. The zero-order valence-electron chi connectivity index (χ0n) is 18.0. The third-order valence-corrected chi connectivity index (χ3v) is 5.86. The Balaban J connectivity index is 1.36. The van der Waals surface area contributed by atoms with Crippen molar-refractivity contribution < 1.29 is 23.5 Å². The first-order valence-electron chi connectivity index (χ1n) is 10.5. The first-order chi connectivity index (χ1) is 14.7. The molecule has 1 saturated heterocycles. The summed E-state index contributed by atoms with van der Waals surface area (Å²) in [4.78, 5) is 43.2. The molecule has 2 fully saturated rings. The van der Waals surface area contributed by atoms with E-state index in [2.05, 4.69) is 31.1 Å². The number of nitrogens with zero attached hydrogens (tertiary/aromatic N) is 2. The Labute approximate surface area is 181 Å². The molecule has 0 bridgehead atoms. The molecular formula is C23H27N3O5. The van der Waals surface area contributed by atoms with Crippen LogP contribution >= 0.6 is 0 Å². The molecule has 8 nitrogen and oxygen atoms in total.